The third kappa shape index (κ3) is 3.21. The average Bonchev–Trinajstić information content (AvgIpc) is 2.52. The second kappa shape index (κ2) is 6.26. The molecular formula is C19H19ClN2OS. The number of aromatic nitrogens is 2. The Kier molecular flexibility index (Phi) is 4.45. The fraction of sp³-hybridized carbons (Fsp3) is 0.263. The van der Waals surface area contributed by atoms with Gasteiger partial charge in [0.1, 0.15) is 0 Å². The summed E-state index contributed by atoms with van der Waals surface area (Å²) in [5.74, 6) is 0. The summed E-state index contributed by atoms with van der Waals surface area (Å²) in [4.78, 5) is 9.56. The smallest absolute Gasteiger partial charge is 0.223 e. The van der Waals surface area contributed by atoms with Gasteiger partial charge in [-0.2, -0.15) is 0 Å². The Balaban J connectivity index is 2.32. The van der Waals surface area contributed by atoms with E-state index in [2.05, 4.69) is 42.9 Å². The Bertz CT molecular complexity index is 948. The van der Waals surface area contributed by atoms with Gasteiger partial charge >= 0.3 is 0 Å². The number of fused-ring (bicyclic) bond motifs is 1. The van der Waals surface area contributed by atoms with Crippen LogP contribution in [0.15, 0.2) is 47.4 Å². The molecule has 3 aromatic rings. The minimum Gasteiger partial charge on any atom is -0.255 e. The Labute approximate surface area is 149 Å². The molecule has 0 spiro atoms. The number of hydrogen-bond acceptors (Lipinski definition) is 3. The third-order valence-corrected chi connectivity index (χ3v) is 5.13. The van der Waals surface area contributed by atoms with Crippen LogP contribution in [0.3, 0.4) is 0 Å². The number of nitrogens with zero attached hydrogens (tertiary/aromatic N) is 2. The summed E-state index contributed by atoms with van der Waals surface area (Å²) in [6.45, 7) is 6.48. The summed E-state index contributed by atoms with van der Waals surface area (Å²) < 4.78 is 12.1. The van der Waals surface area contributed by atoms with Crippen LogP contribution in [-0.2, 0) is 16.2 Å². The monoisotopic (exact) mass is 358 g/mol. The van der Waals surface area contributed by atoms with Gasteiger partial charge in [0.15, 0.2) is 0 Å². The van der Waals surface area contributed by atoms with Crippen molar-refractivity contribution in [2.75, 3.05) is 6.26 Å². The molecule has 0 amide bonds. The second-order valence-corrected chi connectivity index (χ2v) is 8.46. The van der Waals surface area contributed by atoms with E-state index < -0.39 is 10.8 Å². The van der Waals surface area contributed by atoms with E-state index >= 15 is 0 Å². The van der Waals surface area contributed by atoms with E-state index in [0.29, 0.717) is 0 Å². The van der Waals surface area contributed by atoms with Crippen LogP contribution >= 0.6 is 11.6 Å². The Morgan fingerprint density at radius 2 is 1.75 bits per heavy atom. The molecule has 5 heteroatoms. The fourth-order valence-corrected chi connectivity index (χ4v) is 3.61. The molecule has 0 aliphatic heterocycles. The molecule has 0 radical (unpaired) electrons. The molecule has 0 fully saturated rings. The van der Waals surface area contributed by atoms with Gasteiger partial charge in [-0.25, -0.2) is 9.97 Å². The lowest BCUT2D eigenvalue weighted by Gasteiger charge is -2.19. The SMILES string of the molecule is CS(=O)c1ccccc1-c1nc(Cl)nc2cc(C(C)(C)C)ccc12. The largest absolute Gasteiger partial charge is 0.255 e. The van der Waals surface area contributed by atoms with E-state index in [0.717, 1.165) is 27.1 Å². The first-order chi connectivity index (χ1) is 11.3. The van der Waals surface area contributed by atoms with Crippen LogP contribution in [0, 0.1) is 0 Å². The Morgan fingerprint density at radius 3 is 2.42 bits per heavy atom. The van der Waals surface area contributed by atoms with Crippen molar-refractivity contribution in [1.82, 2.24) is 9.97 Å². The summed E-state index contributed by atoms with van der Waals surface area (Å²) in [6, 6.07) is 13.7. The summed E-state index contributed by atoms with van der Waals surface area (Å²) in [5.41, 5.74) is 3.55. The zero-order valence-electron chi connectivity index (χ0n) is 14.1. The van der Waals surface area contributed by atoms with Crippen LogP contribution in [0.4, 0.5) is 0 Å². The lowest BCUT2D eigenvalue weighted by molar-refractivity contribution is 0.591. The molecule has 0 N–H and O–H groups in total. The van der Waals surface area contributed by atoms with Crippen molar-refractivity contribution in [3.63, 3.8) is 0 Å². The number of halogens is 1. The van der Waals surface area contributed by atoms with E-state index in [4.69, 9.17) is 11.6 Å². The van der Waals surface area contributed by atoms with Gasteiger partial charge in [-0.05, 0) is 34.7 Å². The van der Waals surface area contributed by atoms with Gasteiger partial charge < -0.3 is 0 Å². The zero-order valence-corrected chi connectivity index (χ0v) is 15.7. The molecule has 1 atom stereocenters. The predicted molar refractivity (Wildman–Crippen MR) is 101 cm³/mol. The molecular weight excluding hydrogens is 340 g/mol. The Hall–Kier alpha value is -1.78. The van der Waals surface area contributed by atoms with Crippen molar-refractivity contribution >= 4 is 33.3 Å². The van der Waals surface area contributed by atoms with E-state index in [1.165, 1.54) is 5.56 Å². The highest BCUT2D eigenvalue weighted by atomic mass is 35.5. The van der Waals surface area contributed by atoms with Crippen LogP contribution in [0.2, 0.25) is 5.28 Å². The Morgan fingerprint density at radius 1 is 1.04 bits per heavy atom. The highest BCUT2D eigenvalue weighted by Crippen LogP contribution is 2.33. The molecule has 24 heavy (non-hydrogen) atoms. The molecule has 2 aromatic carbocycles. The van der Waals surface area contributed by atoms with Gasteiger partial charge in [0.05, 0.1) is 22.0 Å². The third-order valence-electron chi connectivity index (χ3n) is 3.99. The highest BCUT2D eigenvalue weighted by Gasteiger charge is 2.18. The zero-order chi connectivity index (χ0) is 17.5. The van der Waals surface area contributed by atoms with E-state index in [1.54, 1.807) is 6.26 Å². The van der Waals surface area contributed by atoms with Crippen LogP contribution < -0.4 is 0 Å². The first-order valence-electron chi connectivity index (χ1n) is 7.68. The maximum Gasteiger partial charge on any atom is 0.223 e. The molecule has 0 saturated carbocycles. The van der Waals surface area contributed by atoms with Crippen LogP contribution in [0.25, 0.3) is 22.2 Å². The molecule has 3 nitrogen and oxygen atoms in total. The molecule has 0 aliphatic rings. The van der Waals surface area contributed by atoms with E-state index in [1.807, 2.05) is 30.3 Å². The van der Waals surface area contributed by atoms with Gasteiger partial charge in [0, 0.05) is 22.1 Å². The van der Waals surface area contributed by atoms with Crippen molar-refractivity contribution < 1.29 is 4.21 Å². The van der Waals surface area contributed by atoms with Crippen molar-refractivity contribution in [3.05, 3.63) is 53.3 Å². The molecule has 1 aromatic heterocycles. The van der Waals surface area contributed by atoms with Crippen molar-refractivity contribution in [2.45, 2.75) is 31.1 Å². The summed E-state index contributed by atoms with van der Waals surface area (Å²) in [7, 11) is -1.11. The van der Waals surface area contributed by atoms with E-state index in [9.17, 15) is 4.21 Å². The molecule has 124 valence electrons. The summed E-state index contributed by atoms with van der Waals surface area (Å²) in [5, 5.41) is 1.10. The standard InChI is InChI=1S/C19H19ClN2OS/c1-19(2,3)12-9-10-13-15(11-12)21-18(20)22-17(13)14-7-5-6-8-16(14)24(4)23/h5-11H,1-4H3. The van der Waals surface area contributed by atoms with Gasteiger partial charge in [-0.3, -0.25) is 4.21 Å². The normalized spacial score (nSPS) is 13.2. The van der Waals surface area contributed by atoms with Crippen LogP contribution in [-0.4, -0.2) is 20.4 Å². The van der Waals surface area contributed by atoms with Crippen LogP contribution in [0.1, 0.15) is 26.3 Å². The van der Waals surface area contributed by atoms with Gasteiger partial charge in [-0.1, -0.05) is 51.1 Å². The molecule has 0 bridgehead atoms. The topological polar surface area (TPSA) is 42.9 Å². The molecule has 1 unspecified atom stereocenters. The average molecular weight is 359 g/mol. The summed E-state index contributed by atoms with van der Waals surface area (Å²) >= 11 is 6.17. The number of benzene rings is 2. The minimum atomic E-state index is -1.11. The highest BCUT2D eigenvalue weighted by molar-refractivity contribution is 7.84. The second-order valence-electron chi connectivity index (χ2n) is 6.77. The first-order valence-corrected chi connectivity index (χ1v) is 9.61. The van der Waals surface area contributed by atoms with Gasteiger partial charge in [0.2, 0.25) is 5.28 Å². The van der Waals surface area contributed by atoms with Gasteiger partial charge in [0.25, 0.3) is 0 Å². The number of rotatable bonds is 2. The van der Waals surface area contributed by atoms with E-state index in [-0.39, 0.29) is 10.7 Å². The van der Waals surface area contributed by atoms with Crippen molar-refractivity contribution in [3.8, 4) is 11.3 Å². The molecule has 1 heterocycles. The van der Waals surface area contributed by atoms with Gasteiger partial charge in [-0.15, -0.1) is 0 Å². The lowest BCUT2D eigenvalue weighted by atomic mass is 9.86. The fourth-order valence-electron chi connectivity index (χ4n) is 2.69. The maximum absolute atomic E-state index is 12.1. The lowest BCUT2D eigenvalue weighted by Crippen LogP contribution is -2.11. The molecule has 0 aliphatic carbocycles. The van der Waals surface area contributed by atoms with Crippen molar-refractivity contribution in [1.29, 1.82) is 0 Å². The quantitative estimate of drug-likeness (QED) is 0.606. The molecule has 0 saturated heterocycles. The van der Waals surface area contributed by atoms with Crippen LogP contribution in [0.5, 0.6) is 0 Å². The number of hydrogen-bond donors (Lipinski definition) is 0. The molecule has 3 rings (SSSR count). The predicted octanol–water partition coefficient (Wildman–Crippen LogP) is 4.99. The first kappa shape index (κ1) is 17.1. The summed E-state index contributed by atoms with van der Waals surface area (Å²) in [6.07, 6.45) is 1.67. The van der Waals surface area contributed by atoms with Crippen molar-refractivity contribution in [2.24, 2.45) is 0 Å². The minimum absolute atomic E-state index is 0.0224. The maximum atomic E-state index is 12.1.